The monoisotopic (exact) mass is 470 g/mol. The molecule has 1 aliphatic rings. The summed E-state index contributed by atoms with van der Waals surface area (Å²) in [6, 6.07) is 15.0. The second-order valence-corrected chi connectivity index (χ2v) is 8.14. The summed E-state index contributed by atoms with van der Waals surface area (Å²) in [6.07, 6.45) is 4.94. The van der Waals surface area contributed by atoms with Crippen molar-refractivity contribution in [3.63, 3.8) is 0 Å². The predicted molar refractivity (Wildman–Crippen MR) is 132 cm³/mol. The van der Waals surface area contributed by atoms with Crippen molar-refractivity contribution in [2.45, 2.75) is 19.5 Å². The summed E-state index contributed by atoms with van der Waals surface area (Å²) in [7, 11) is 1.56. The molecule has 0 radical (unpaired) electrons. The van der Waals surface area contributed by atoms with Gasteiger partial charge < -0.3 is 19.5 Å². The quantitative estimate of drug-likeness (QED) is 0.224. The molecule has 35 heavy (non-hydrogen) atoms. The zero-order valence-corrected chi connectivity index (χ0v) is 19.6. The Kier molecular flexibility index (Phi) is 6.96. The van der Waals surface area contributed by atoms with Crippen LogP contribution >= 0.6 is 0 Å². The van der Waals surface area contributed by atoms with E-state index in [1.165, 1.54) is 4.90 Å². The minimum absolute atomic E-state index is 0.0308. The highest BCUT2D eigenvalue weighted by Gasteiger charge is 2.46. The molecule has 1 amide bonds. The van der Waals surface area contributed by atoms with Gasteiger partial charge in [-0.2, -0.15) is 0 Å². The van der Waals surface area contributed by atoms with E-state index >= 15 is 0 Å². The van der Waals surface area contributed by atoms with Crippen molar-refractivity contribution in [1.29, 1.82) is 0 Å². The maximum Gasteiger partial charge on any atom is 0.295 e. The second-order valence-electron chi connectivity index (χ2n) is 8.14. The third-order valence-corrected chi connectivity index (χ3v) is 5.85. The van der Waals surface area contributed by atoms with Gasteiger partial charge in [0.15, 0.2) is 0 Å². The van der Waals surface area contributed by atoms with E-state index in [9.17, 15) is 14.7 Å². The third-order valence-electron chi connectivity index (χ3n) is 5.85. The number of ether oxygens (including phenoxy) is 2. The van der Waals surface area contributed by atoms with Crippen LogP contribution in [0.15, 0.2) is 85.2 Å². The first kappa shape index (κ1) is 23.8. The Morgan fingerprint density at radius 2 is 1.94 bits per heavy atom. The number of benzene rings is 2. The van der Waals surface area contributed by atoms with E-state index in [1.807, 2.05) is 13.0 Å². The van der Waals surface area contributed by atoms with Gasteiger partial charge in [-0.15, -0.1) is 0 Å². The number of hydrogen-bond acceptors (Lipinski definition) is 6. The van der Waals surface area contributed by atoms with Gasteiger partial charge in [0, 0.05) is 24.5 Å². The molecular weight excluding hydrogens is 444 g/mol. The molecular formula is C28H26N2O5. The molecule has 1 aliphatic heterocycles. The van der Waals surface area contributed by atoms with Crippen molar-refractivity contribution < 1.29 is 24.2 Å². The van der Waals surface area contributed by atoms with Crippen LogP contribution in [0.2, 0.25) is 0 Å². The maximum absolute atomic E-state index is 13.2. The zero-order chi connectivity index (χ0) is 24.9. The van der Waals surface area contributed by atoms with Gasteiger partial charge in [0.2, 0.25) is 0 Å². The molecule has 4 rings (SSSR count). The molecule has 3 aromatic rings. The number of ketones is 1. The Bertz CT molecular complexity index is 1280. The molecule has 1 N–H and O–H groups in total. The van der Waals surface area contributed by atoms with Crippen LogP contribution in [0, 0.1) is 6.92 Å². The van der Waals surface area contributed by atoms with Crippen LogP contribution in [-0.2, 0) is 16.1 Å². The molecule has 1 atom stereocenters. The molecule has 0 saturated carbocycles. The van der Waals surface area contributed by atoms with Crippen LogP contribution < -0.4 is 9.47 Å². The summed E-state index contributed by atoms with van der Waals surface area (Å²) in [5, 5.41) is 11.3. The summed E-state index contributed by atoms with van der Waals surface area (Å²) >= 11 is 0. The van der Waals surface area contributed by atoms with Crippen LogP contribution in [0.3, 0.4) is 0 Å². The largest absolute Gasteiger partial charge is 0.507 e. The topological polar surface area (TPSA) is 89.0 Å². The molecule has 1 fully saturated rings. The van der Waals surface area contributed by atoms with Gasteiger partial charge in [-0.3, -0.25) is 14.6 Å². The number of aryl methyl sites for hydroxylation is 1. The van der Waals surface area contributed by atoms with Crippen LogP contribution in [0.5, 0.6) is 11.5 Å². The first-order valence-electron chi connectivity index (χ1n) is 11.1. The van der Waals surface area contributed by atoms with Gasteiger partial charge in [0.25, 0.3) is 11.7 Å². The summed E-state index contributed by atoms with van der Waals surface area (Å²) < 4.78 is 10.9. The Morgan fingerprint density at radius 3 is 2.57 bits per heavy atom. The minimum Gasteiger partial charge on any atom is -0.507 e. The second kappa shape index (κ2) is 10.3. The number of amides is 1. The van der Waals surface area contributed by atoms with E-state index in [4.69, 9.17) is 9.47 Å². The van der Waals surface area contributed by atoms with Crippen molar-refractivity contribution in [1.82, 2.24) is 9.88 Å². The van der Waals surface area contributed by atoms with Gasteiger partial charge in [0.1, 0.15) is 23.9 Å². The third kappa shape index (κ3) is 4.80. The highest BCUT2D eigenvalue weighted by atomic mass is 16.5. The molecule has 0 aliphatic carbocycles. The number of carbonyl (C=O) groups is 2. The standard InChI is InChI=1S/C28H26N2O5/c1-4-14-35-23-12-9-21(15-18(23)2)26(31)24-25(20-7-10-22(34-3)11-8-20)30(28(33)27(24)32)17-19-6-5-13-29-16-19/h4-13,15-16,25,31H,1,14,17H2,2-3H3/b26-24+. The zero-order valence-electron chi connectivity index (χ0n) is 19.6. The highest BCUT2D eigenvalue weighted by molar-refractivity contribution is 6.46. The lowest BCUT2D eigenvalue weighted by molar-refractivity contribution is -0.140. The lowest BCUT2D eigenvalue weighted by atomic mass is 9.94. The average molecular weight is 471 g/mol. The van der Waals surface area contributed by atoms with E-state index in [0.29, 0.717) is 29.2 Å². The molecule has 7 nitrogen and oxygen atoms in total. The van der Waals surface area contributed by atoms with Gasteiger partial charge in [-0.25, -0.2) is 0 Å². The fraction of sp³-hybridized carbons (Fsp3) is 0.179. The number of likely N-dealkylation sites (tertiary alicyclic amines) is 1. The number of Topliss-reactive ketones (excluding diaryl/α,β-unsaturated/α-hetero) is 1. The number of rotatable bonds is 8. The number of aromatic nitrogens is 1. The number of aliphatic hydroxyl groups excluding tert-OH is 1. The highest BCUT2D eigenvalue weighted by Crippen LogP contribution is 2.41. The molecule has 2 aromatic carbocycles. The van der Waals surface area contributed by atoms with Gasteiger partial charge in [0.05, 0.1) is 18.7 Å². The lowest BCUT2D eigenvalue weighted by Crippen LogP contribution is -2.29. The van der Waals surface area contributed by atoms with Crippen LogP contribution in [0.1, 0.15) is 28.3 Å². The molecule has 2 heterocycles. The van der Waals surface area contributed by atoms with Gasteiger partial charge >= 0.3 is 0 Å². The Labute approximate surface area is 203 Å². The van der Waals surface area contributed by atoms with E-state index in [1.54, 1.807) is 74.1 Å². The number of methoxy groups -OCH3 is 1. The molecule has 178 valence electrons. The van der Waals surface area contributed by atoms with E-state index in [-0.39, 0.29) is 17.9 Å². The Hall–Kier alpha value is -4.39. The number of hydrogen-bond donors (Lipinski definition) is 1. The minimum atomic E-state index is -0.780. The van der Waals surface area contributed by atoms with Gasteiger partial charge in [-0.05, 0) is 60.0 Å². The summed E-state index contributed by atoms with van der Waals surface area (Å²) in [5.74, 6) is -0.374. The number of pyridine rings is 1. The van der Waals surface area contributed by atoms with Crippen LogP contribution in [0.25, 0.3) is 5.76 Å². The fourth-order valence-corrected chi connectivity index (χ4v) is 4.13. The lowest BCUT2D eigenvalue weighted by Gasteiger charge is -2.25. The summed E-state index contributed by atoms with van der Waals surface area (Å²) in [6.45, 7) is 6.01. The Morgan fingerprint density at radius 1 is 1.17 bits per heavy atom. The first-order chi connectivity index (χ1) is 16.9. The maximum atomic E-state index is 13.2. The van der Waals surface area contributed by atoms with E-state index in [2.05, 4.69) is 11.6 Å². The van der Waals surface area contributed by atoms with Crippen LogP contribution in [-0.4, -0.2) is 40.4 Å². The SMILES string of the molecule is C=CCOc1ccc(/C(O)=C2\C(=O)C(=O)N(Cc3cccnc3)C2c2ccc(OC)cc2)cc1C. The number of carbonyl (C=O) groups excluding carboxylic acids is 2. The van der Waals surface area contributed by atoms with E-state index in [0.717, 1.165) is 11.1 Å². The van der Waals surface area contributed by atoms with Gasteiger partial charge in [-0.1, -0.05) is 30.9 Å². The normalized spacial score (nSPS) is 16.9. The fourth-order valence-electron chi connectivity index (χ4n) is 4.13. The molecule has 1 aromatic heterocycles. The molecule has 1 unspecified atom stereocenters. The smallest absolute Gasteiger partial charge is 0.295 e. The Balaban J connectivity index is 1.81. The summed E-state index contributed by atoms with van der Waals surface area (Å²) in [5.41, 5.74) is 2.68. The molecule has 0 bridgehead atoms. The average Bonchev–Trinajstić information content (AvgIpc) is 3.13. The van der Waals surface area contributed by atoms with Crippen molar-refractivity contribution in [2.75, 3.05) is 13.7 Å². The number of aliphatic hydroxyl groups is 1. The molecule has 7 heteroatoms. The number of nitrogens with zero attached hydrogens (tertiary/aromatic N) is 2. The van der Waals surface area contributed by atoms with E-state index < -0.39 is 17.7 Å². The van der Waals surface area contributed by atoms with Crippen molar-refractivity contribution in [3.8, 4) is 11.5 Å². The van der Waals surface area contributed by atoms with Crippen molar-refractivity contribution in [2.24, 2.45) is 0 Å². The van der Waals surface area contributed by atoms with Crippen molar-refractivity contribution >= 4 is 17.4 Å². The molecule has 0 spiro atoms. The first-order valence-corrected chi connectivity index (χ1v) is 11.1. The molecule has 1 saturated heterocycles. The predicted octanol–water partition coefficient (Wildman–Crippen LogP) is 4.59. The van der Waals surface area contributed by atoms with Crippen LogP contribution in [0.4, 0.5) is 0 Å². The summed E-state index contributed by atoms with van der Waals surface area (Å²) in [4.78, 5) is 32.0. The van der Waals surface area contributed by atoms with Crippen molar-refractivity contribution in [3.05, 3.63) is 107 Å².